The zero-order chi connectivity index (χ0) is 13.0. The lowest BCUT2D eigenvalue weighted by atomic mass is 10.0. The van der Waals surface area contributed by atoms with Crippen LogP contribution < -0.4 is 5.32 Å². The number of carbonyl (C=O) groups is 1. The van der Waals surface area contributed by atoms with E-state index in [1.807, 2.05) is 0 Å². The number of hydrogen-bond acceptors (Lipinski definition) is 4. The SMILES string of the molecule is CCNC1CCN(C(=O)c2ccncc2O)CC1. The lowest BCUT2D eigenvalue weighted by molar-refractivity contribution is 0.0702. The molecular formula is C13H19N3O2. The molecule has 2 heterocycles. The minimum atomic E-state index is -0.107. The predicted molar refractivity (Wildman–Crippen MR) is 68.5 cm³/mol. The van der Waals surface area contributed by atoms with Crippen molar-refractivity contribution in [3.05, 3.63) is 24.0 Å². The maximum absolute atomic E-state index is 12.2. The third kappa shape index (κ3) is 2.79. The van der Waals surface area contributed by atoms with E-state index in [0.29, 0.717) is 11.6 Å². The van der Waals surface area contributed by atoms with Crippen LogP contribution in [0.15, 0.2) is 18.5 Å². The highest BCUT2D eigenvalue weighted by Gasteiger charge is 2.24. The van der Waals surface area contributed by atoms with Crippen LogP contribution in [-0.2, 0) is 0 Å². The number of likely N-dealkylation sites (tertiary alicyclic amines) is 1. The minimum Gasteiger partial charge on any atom is -0.505 e. The number of aromatic hydroxyl groups is 1. The molecule has 1 fully saturated rings. The Bertz CT molecular complexity index is 414. The Hall–Kier alpha value is -1.62. The average molecular weight is 249 g/mol. The Kier molecular flexibility index (Phi) is 4.15. The Morgan fingerprint density at radius 3 is 2.89 bits per heavy atom. The summed E-state index contributed by atoms with van der Waals surface area (Å²) in [5, 5.41) is 13.0. The van der Waals surface area contributed by atoms with Crippen LogP contribution in [0.3, 0.4) is 0 Å². The molecule has 0 unspecified atom stereocenters. The number of pyridine rings is 1. The van der Waals surface area contributed by atoms with E-state index in [-0.39, 0.29) is 11.7 Å². The number of amides is 1. The predicted octanol–water partition coefficient (Wildman–Crippen LogP) is 1.00. The van der Waals surface area contributed by atoms with Gasteiger partial charge in [-0.25, -0.2) is 0 Å². The molecule has 0 atom stereocenters. The molecule has 1 aromatic heterocycles. The first-order valence-corrected chi connectivity index (χ1v) is 6.38. The summed E-state index contributed by atoms with van der Waals surface area (Å²) in [6.07, 6.45) is 4.76. The summed E-state index contributed by atoms with van der Waals surface area (Å²) >= 11 is 0. The smallest absolute Gasteiger partial charge is 0.257 e. The van der Waals surface area contributed by atoms with Crippen molar-refractivity contribution < 1.29 is 9.90 Å². The van der Waals surface area contributed by atoms with Gasteiger partial charge in [0.2, 0.25) is 0 Å². The summed E-state index contributed by atoms with van der Waals surface area (Å²) in [5.41, 5.74) is 0.340. The zero-order valence-corrected chi connectivity index (χ0v) is 10.6. The van der Waals surface area contributed by atoms with Crippen LogP contribution in [0, 0.1) is 0 Å². The van der Waals surface area contributed by atoms with Crippen LogP contribution in [0.25, 0.3) is 0 Å². The number of aromatic nitrogens is 1. The number of nitrogens with zero attached hydrogens (tertiary/aromatic N) is 2. The third-order valence-corrected chi connectivity index (χ3v) is 3.31. The molecule has 5 heteroatoms. The van der Waals surface area contributed by atoms with E-state index in [1.165, 1.54) is 12.4 Å². The Morgan fingerprint density at radius 1 is 1.56 bits per heavy atom. The van der Waals surface area contributed by atoms with E-state index in [4.69, 9.17) is 0 Å². The van der Waals surface area contributed by atoms with Gasteiger partial charge in [0.1, 0.15) is 5.75 Å². The van der Waals surface area contributed by atoms with Gasteiger partial charge < -0.3 is 15.3 Å². The third-order valence-electron chi connectivity index (χ3n) is 3.31. The fourth-order valence-electron chi connectivity index (χ4n) is 2.31. The van der Waals surface area contributed by atoms with Crippen LogP contribution in [0.1, 0.15) is 30.1 Å². The molecule has 0 aromatic carbocycles. The van der Waals surface area contributed by atoms with Gasteiger partial charge in [-0.2, -0.15) is 0 Å². The van der Waals surface area contributed by atoms with Crippen molar-refractivity contribution in [2.24, 2.45) is 0 Å². The Morgan fingerprint density at radius 2 is 2.28 bits per heavy atom. The molecule has 1 saturated heterocycles. The second kappa shape index (κ2) is 5.82. The lowest BCUT2D eigenvalue weighted by Gasteiger charge is -2.32. The summed E-state index contributed by atoms with van der Waals surface area (Å²) in [6.45, 7) is 4.52. The average Bonchev–Trinajstić information content (AvgIpc) is 2.40. The van der Waals surface area contributed by atoms with Gasteiger partial charge in [-0.15, -0.1) is 0 Å². The summed E-state index contributed by atoms with van der Waals surface area (Å²) in [7, 11) is 0. The molecule has 98 valence electrons. The van der Waals surface area contributed by atoms with Gasteiger partial charge in [-0.05, 0) is 25.5 Å². The van der Waals surface area contributed by atoms with Gasteiger partial charge in [0.05, 0.1) is 11.8 Å². The molecule has 2 rings (SSSR count). The van der Waals surface area contributed by atoms with Crippen LogP contribution >= 0.6 is 0 Å². The van der Waals surface area contributed by atoms with E-state index >= 15 is 0 Å². The highest BCUT2D eigenvalue weighted by atomic mass is 16.3. The quantitative estimate of drug-likeness (QED) is 0.839. The van der Waals surface area contributed by atoms with Crippen molar-refractivity contribution in [3.63, 3.8) is 0 Å². The van der Waals surface area contributed by atoms with E-state index in [2.05, 4.69) is 17.2 Å². The highest BCUT2D eigenvalue weighted by molar-refractivity contribution is 5.96. The van der Waals surface area contributed by atoms with E-state index in [0.717, 1.165) is 32.5 Å². The van der Waals surface area contributed by atoms with Crippen molar-refractivity contribution in [2.45, 2.75) is 25.8 Å². The first kappa shape index (κ1) is 12.8. The van der Waals surface area contributed by atoms with E-state index in [1.54, 1.807) is 11.0 Å². The number of hydrogen-bond donors (Lipinski definition) is 2. The Balaban J connectivity index is 1.98. The van der Waals surface area contributed by atoms with Crippen molar-refractivity contribution in [1.29, 1.82) is 0 Å². The normalized spacial score (nSPS) is 16.8. The van der Waals surface area contributed by atoms with Crippen molar-refractivity contribution in [1.82, 2.24) is 15.2 Å². The molecule has 1 aromatic rings. The first-order chi connectivity index (χ1) is 8.72. The maximum Gasteiger partial charge on any atom is 0.257 e. The molecule has 0 saturated carbocycles. The second-order valence-corrected chi connectivity index (χ2v) is 4.52. The minimum absolute atomic E-state index is 0.0451. The number of rotatable bonds is 3. The van der Waals surface area contributed by atoms with Gasteiger partial charge >= 0.3 is 0 Å². The highest BCUT2D eigenvalue weighted by Crippen LogP contribution is 2.19. The van der Waals surface area contributed by atoms with Crippen LogP contribution in [-0.4, -0.2) is 46.6 Å². The van der Waals surface area contributed by atoms with Gasteiger partial charge in [0.15, 0.2) is 0 Å². The van der Waals surface area contributed by atoms with Crippen LogP contribution in [0.5, 0.6) is 5.75 Å². The molecule has 0 bridgehead atoms. The summed E-state index contributed by atoms with van der Waals surface area (Å²) in [6, 6.07) is 2.07. The molecule has 2 N–H and O–H groups in total. The molecule has 1 aliphatic heterocycles. The van der Waals surface area contributed by atoms with Crippen molar-refractivity contribution >= 4 is 5.91 Å². The topological polar surface area (TPSA) is 65.5 Å². The molecule has 1 amide bonds. The van der Waals surface area contributed by atoms with Gasteiger partial charge in [0.25, 0.3) is 5.91 Å². The lowest BCUT2D eigenvalue weighted by Crippen LogP contribution is -2.44. The molecule has 0 aliphatic carbocycles. The van der Waals surface area contributed by atoms with Crippen LogP contribution in [0.4, 0.5) is 0 Å². The molecule has 0 radical (unpaired) electrons. The molecule has 0 spiro atoms. The largest absolute Gasteiger partial charge is 0.505 e. The van der Waals surface area contributed by atoms with E-state index < -0.39 is 0 Å². The first-order valence-electron chi connectivity index (χ1n) is 6.38. The maximum atomic E-state index is 12.2. The fraction of sp³-hybridized carbons (Fsp3) is 0.538. The number of nitrogens with one attached hydrogen (secondary N) is 1. The van der Waals surface area contributed by atoms with Crippen molar-refractivity contribution in [2.75, 3.05) is 19.6 Å². The number of carbonyl (C=O) groups excluding carboxylic acids is 1. The Labute approximate surface area is 107 Å². The summed E-state index contributed by atoms with van der Waals surface area (Å²) in [4.78, 5) is 17.8. The summed E-state index contributed by atoms with van der Waals surface area (Å²) < 4.78 is 0. The fourth-order valence-corrected chi connectivity index (χ4v) is 2.31. The molecule has 18 heavy (non-hydrogen) atoms. The second-order valence-electron chi connectivity index (χ2n) is 4.52. The van der Waals surface area contributed by atoms with Crippen LogP contribution in [0.2, 0.25) is 0 Å². The monoisotopic (exact) mass is 249 g/mol. The van der Waals surface area contributed by atoms with Gasteiger partial charge in [-0.1, -0.05) is 6.92 Å². The van der Waals surface area contributed by atoms with Crippen molar-refractivity contribution in [3.8, 4) is 5.75 Å². The zero-order valence-electron chi connectivity index (χ0n) is 10.6. The molecule has 1 aliphatic rings. The summed E-state index contributed by atoms with van der Waals surface area (Å²) in [5.74, 6) is -0.152. The molecule has 5 nitrogen and oxygen atoms in total. The molecular weight excluding hydrogens is 230 g/mol. The van der Waals surface area contributed by atoms with E-state index in [9.17, 15) is 9.90 Å². The standard InChI is InChI=1S/C13H19N3O2/c1-2-15-10-4-7-16(8-5-10)13(18)11-3-6-14-9-12(11)17/h3,6,9-10,15,17H,2,4-5,7-8H2,1H3. The number of piperidine rings is 1. The van der Waals surface area contributed by atoms with Gasteiger partial charge in [0, 0.05) is 25.3 Å². The van der Waals surface area contributed by atoms with Gasteiger partial charge in [-0.3, -0.25) is 9.78 Å².